The van der Waals surface area contributed by atoms with E-state index in [4.69, 9.17) is 4.74 Å². The third-order valence-corrected chi connectivity index (χ3v) is 6.33. The van der Waals surface area contributed by atoms with Gasteiger partial charge in [0.1, 0.15) is 11.1 Å². The summed E-state index contributed by atoms with van der Waals surface area (Å²) in [6, 6.07) is 2.55. The third kappa shape index (κ3) is 8.29. The summed E-state index contributed by atoms with van der Waals surface area (Å²) in [5, 5.41) is 4.97. The van der Waals surface area contributed by atoms with E-state index in [1.807, 2.05) is 0 Å². The smallest absolute Gasteiger partial charge is 0.416 e. The minimum absolute atomic E-state index is 0.128. The maximum absolute atomic E-state index is 13.7. The van der Waals surface area contributed by atoms with Gasteiger partial charge in [-0.3, -0.25) is 4.79 Å². The Morgan fingerprint density at radius 3 is 1.61 bits per heavy atom. The monoisotopic (exact) mass is 598 g/mol. The van der Waals surface area contributed by atoms with E-state index in [-0.39, 0.29) is 24.5 Å². The van der Waals surface area contributed by atoms with Crippen molar-refractivity contribution in [1.82, 2.24) is 10.6 Å². The molecule has 2 N–H and O–H groups in total. The number of halogens is 9. The van der Waals surface area contributed by atoms with Gasteiger partial charge in [-0.05, 0) is 86.7 Å². The van der Waals surface area contributed by atoms with Crippen molar-refractivity contribution in [3.63, 3.8) is 0 Å². The summed E-state index contributed by atoms with van der Waals surface area (Å²) in [4.78, 5) is 25.5. The molecule has 41 heavy (non-hydrogen) atoms. The van der Waals surface area contributed by atoms with E-state index >= 15 is 0 Å². The molecule has 0 aliphatic heterocycles. The van der Waals surface area contributed by atoms with Crippen molar-refractivity contribution < 1.29 is 53.8 Å². The first-order valence-corrected chi connectivity index (χ1v) is 12.4. The Labute approximate surface area is 229 Å². The molecule has 0 heterocycles. The summed E-state index contributed by atoms with van der Waals surface area (Å²) in [7, 11) is 0. The number of nitrogens with one attached hydrogen (secondary N) is 2. The number of ether oxygens (including phenoxy) is 1. The van der Waals surface area contributed by atoms with Crippen molar-refractivity contribution in [2.75, 3.05) is 0 Å². The molecule has 0 atom stereocenters. The first kappa shape index (κ1) is 32.1. The van der Waals surface area contributed by atoms with Crippen molar-refractivity contribution in [2.45, 2.75) is 82.7 Å². The predicted octanol–water partition coefficient (Wildman–Crippen LogP) is 7.86. The average Bonchev–Trinajstić information content (AvgIpc) is 3.28. The zero-order chi connectivity index (χ0) is 31.0. The number of alkyl carbamates (subject to hydrolysis) is 1. The number of benzene rings is 2. The van der Waals surface area contributed by atoms with Crippen molar-refractivity contribution in [3.8, 4) is 11.1 Å². The van der Waals surface area contributed by atoms with Crippen LogP contribution in [0.15, 0.2) is 36.4 Å². The fourth-order valence-electron chi connectivity index (χ4n) is 4.48. The van der Waals surface area contributed by atoms with Gasteiger partial charge < -0.3 is 15.4 Å². The van der Waals surface area contributed by atoms with Crippen LogP contribution in [0.2, 0.25) is 0 Å². The SMILES string of the molecule is CC(C)(C)OC(=O)NC1(C(=O)NCc2cc(-c3cc(C(F)(F)F)cc(C(F)(F)F)c3)cc(C(F)(F)F)c2)CCCC1. The molecule has 0 unspecified atom stereocenters. The fourth-order valence-corrected chi connectivity index (χ4v) is 4.48. The first-order valence-electron chi connectivity index (χ1n) is 12.4. The van der Waals surface area contributed by atoms with Crippen LogP contribution in [0.5, 0.6) is 0 Å². The Morgan fingerprint density at radius 2 is 1.17 bits per heavy atom. The molecule has 0 bridgehead atoms. The number of rotatable bonds is 5. The van der Waals surface area contributed by atoms with E-state index < -0.39 is 76.0 Å². The highest BCUT2D eigenvalue weighted by Gasteiger charge is 2.43. The molecule has 0 saturated heterocycles. The van der Waals surface area contributed by atoms with Gasteiger partial charge >= 0.3 is 24.6 Å². The topological polar surface area (TPSA) is 67.4 Å². The van der Waals surface area contributed by atoms with Gasteiger partial charge in [-0.25, -0.2) is 4.79 Å². The molecular weight excluding hydrogens is 571 g/mol. The molecule has 1 aliphatic carbocycles. The van der Waals surface area contributed by atoms with E-state index in [1.54, 1.807) is 20.8 Å². The Bertz CT molecular complexity index is 1250. The summed E-state index contributed by atoms with van der Waals surface area (Å²) >= 11 is 0. The van der Waals surface area contributed by atoms with Gasteiger partial charge in [0.25, 0.3) is 0 Å². The van der Waals surface area contributed by atoms with E-state index in [0.717, 1.165) is 6.07 Å². The standard InChI is InChI=1S/C27H27F9N2O3/c1-23(2,3)41-22(40)38-24(6-4-5-7-24)21(39)37-14-15-8-16(10-18(9-15)25(28,29)30)17-11-19(26(31,32)33)13-20(12-17)27(34,35)36/h8-13H,4-7,14H2,1-3H3,(H,37,39)(H,38,40). The Hall–Kier alpha value is -3.45. The maximum Gasteiger partial charge on any atom is 0.416 e. The highest BCUT2D eigenvalue weighted by atomic mass is 19.4. The molecule has 0 radical (unpaired) electrons. The largest absolute Gasteiger partial charge is 0.444 e. The number of hydrogen-bond donors (Lipinski definition) is 2. The van der Waals surface area contributed by atoms with Crippen LogP contribution in [0.3, 0.4) is 0 Å². The third-order valence-electron chi connectivity index (χ3n) is 6.33. The molecule has 2 aromatic carbocycles. The summed E-state index contributed by atoms with van der Waals surface area (Å²) in [6.07, 6.45) is -14.7. The molecule has 1 saturated carbocycles. The predicted molar refractivity (Wildman–Crippen MR) is 129 cm³/mol. The van der Waals surface area contributed by atoms with Crippen LogP contribution < -0.4 is 10.6 Å². The van der Waals surface area contributed by atoms with Crippen LogP contribution >= 0.6 is 0 Å². The quantitative estimate of drug-likeness (QED) is 0.345. The molecule has 2 aromatic rings. The Morgan fingerprint density at radius 1 is 0.732 bits per heavy atom. The van der Waals surface area contributed by atoms with Crippen molar-refractivity contribution in [1.29, 1.82) is 0 Å². The second kappa shape index (κ2) is 11.1. The number of carbonyl (C=O) groups excluding carboxylic acids is 2. The molecule has 1 fully saturated rings. The zero-order valence-corrected chi connectivity index (χ0v) is 22.1. The second-order valence-electron chi connectivity index (χ2n) is 10.8. The lowest BCUT2D eigenvalue weighted by molar-refractivity contribution is -0.143. The van der Waals surface area contributed by atoms with E-state index in [2.05, 4.69) is 10.6 Å². The van der Waals surface area contributed by atoms with Gasteiger partial charge in [0, 0.05) is 6.54 Å². The summed E-state index contributed by atoms with van der Waals surface area (Å²) in [5.74, 6) is -0.724. The molecule has 0 spiro atoms. The molecule has 226 valence electrons. The first-order chi connectivity index (χ1) is 18.6. The minimum atomic E-state index is -5.20. The van der Waals surface area contributed by atoms with Gasteiger partial charge in [-0.1, -0.05) is 12.8 Å². The van der Waals surface area contributed by atoms with Gasteiger partial charge in [0.15, 0.2) is 0 Å². The van der Waals surface area contributed by atoms with Gasteiger partial charge in [0.05, 0.1) is 16.7 Å². The highest BCUT2D eigenvalue weighted by Crippen LogP contribution is 2.40. The Kier molecular flexibility index (Phi) is 8.67. The lowest BCUT2D eigenvalue weighted by Crippen LogP contribution is -2.57. The average molecular weight is 599 g/mol. The number of carbonyl (C=O) groups is 2. The summed E-state index contributed by atoms with van der Waals surface area (Å²) < 4.78 is 126. The Balaban J connectivity index is 1.97. The molecule has 5 nitrogen and oxygen atoms in total. The number of amides is 2. The summed E-state index contributed by atoms with van der Waals surface area (Å²) in [5.41, 5.74) is -8.54. The number of alkyl halides is 9. The van der Waals surface area contributed by atoms with Crippen LogP contribution in [0.1, 0.15) is 68.7 Å². The van der Waals surface area contributed by atoms with Crippen molar-refractivity contribution in [2.24, 2.45) is 0 Å². The number of hydrogen-bond acceptors (Lipinski definition) is 3. The van der Waals surface area contributed by atoms with Gasteiger partial charge in [0.2, 0.25) is 5.91 Å². The van der Waals surface area contributed by atoms with Gasteiger partial charge in [-0.2, -0.15) is 39.5 Å². The maximum atomic E-state index is 13.7. The van der Waals surface area contributed by atoms with E-state index in [1.165, 1.54) is 0 Å². The van der Waals surface area contributed by atoms with Crippen LogP contribution in [0, 0.1) is 0 Å². The molecular formula is C27H27F9N2O3. The lowest BCUT2D eigenvalue weighted by atomic mass is 9.94. The fraction of sp³-hybridized carbons (Fsp3) is 0.481. The normalized spacial score (nSPS) is 15.9. The van der Waals surface area contributed by atoms with Crippen LogP contribution in [0.25, 0.3) is 11.1 Å². The molecule has 0 aromatic heterocycles. The second-order valence-corrected chi connectivity index (χ2v) is 10.8. The molecule has 14 heteroatoms. The van der Waals surface area contributed by atoms with Crippen LogP contribution in [-0.4, -0.2) is 23.1 Å². The molecule has 1 aliphatic rings. The van der Waals surface area contributed by atoms with E-state index in [9.17, 15) is 49.1 Å². The zero-order valence-electron chi connectivity index (χ0n) is 22.1. The summed E-state index contributed by atoms with van der Waals surface area (Å²) in [6.45, 7) is 4.28. The van der Waals surface area contributed by atoms with Crippen LogP contribution in [0.4, 0.5) is 44.3 Å². The van der Waals surface area contributed by atoms with Crippen molar-refractivity contribution >= 4 is 12.0 Å². The molecule has 3 rings (SSSR count). The lowest BCUT2D eigenvalue weighted by Gasteiger charge is -2.30. The van der Waals surface area contributed by atoms with Crippen LogP contribution in [-0.2, 0) is 34.6 Å². The minimum Gasteiger partial charge on any atom is -0.444 e. The van der Waals surface area contributed by atoms with Crippen molar-refractivity contribution in [3.05, 3.63) is 58.7 Å². The van der Waals surface area contributed by atoms with Gasteiger partial charge in [-0.15, -0.1) is 0 Å². The highest BCUT2D eigenvalue weighted by molar-refractivity contribution is 5.90. The van der Waals surface area contributed by atoms with E-state index in [0.29, 0.717) is 37.1 Å². The molecule has 2 amide bonds.